The summed E-state index contributed by atoms with van der Waals surface area (Å²) in [6, 6.07) is 10.9. The van der Waals surface area contributed by atoms with Gasteiger partial charge in [-0.1, -0.05) is 15.9 Å². The first kappa shape index (κ1) is 20.5. The van der Waals surface area contributed by atoms with Crippen LogP contribution in [0.3, 0.4) is 0 Å². The van der Waals surface area contributed by atoms with E-state index in [1.165, 1.54) is 0 Å². The van der Waals surface area contributed by atoms with Crippen molar-refractivity contribution in [3.8, 4) is 5.75 Å². The fraction of sp³-hybridized carbons (Fsp3) is 0.333. The summed E-state index contributed by atoms with van der Waals surface area (Å²) >= 11 is 3.37. The summed E-state index contributed by atoms with van der Waals surface area (Å²) in [6.45, 7) is 5.61. The molecule has 3 aromatic rings. The van der Waals surface area contributed by atoms with E-state index in [-0.39, 0.29) is 12.5 Å². The van der Waals surface area contributed by atoms with Gasteiger partial charge in [0.2, 0.25) is 5.95 Å². The number of carbonyl (C=O) groups excluding carboxylic acids is 1. The van der Waals surface area contributed by atoms with Crippen LogP contribution >= 0.6 is 15.9 Å². The van der Waals surface area contributed by atoms with Crippen LogP contribution in [0.5, 0.6) is 5.75 Å². The van der Waals surface area contributed by atoms with E-state index in [0.717, 1.165) is 47.8 Å². The summed E-state index contributed by atoms with van der Waals surface area (Å²) in [6.07, 6.45) is 0. The number of ether oxygens (including phenoxy) is 1. The number of hydrogen-bond donors (Lipinski definition) is 1. The van der Waals surface area contributed by atoms with Gasteiger partial charge in [0.05, 0.1) is 11.2 Å². The van der Waals surface area contributed by atoms with Gasteiger partial charge in [0.15, 0.2) is 6.61 Å². The van der Waals surface area contributed by atoms with Gasteiger partial charge in [0, 0.05) is 30.7 Å². The Morgan fingerprint density at radius 1 is 1.07 bits per heavy atom. The van der Waals surface area contributed by atoms with Crippen molar-refractivity contribution < 1.29 is 9.53 Å². The van der Waals surface area contributed by atoms with Crippen LogP contribution in [-0.4, -0.2) is 65.6 Å². The smallest absolute Gasteiger partial charge is 0.263 e. The number of rotatable bonds is 5. The molecule has 3 heterocycles. The molecule has 0 spiro atoms. The van der Waals surface area contributed by atoms with Gasteiger partial charge in [0.1, 0.15) is 17.1 Å². The van der Waals surface area contributed by atoms with Crippen molar-refractivity contribution in [1.29, 1.82) is 0 Å². The molecule has 30 heavy (non-hydrogen) atoms. The van der Waals surface area contributed by atoms with E-state index in [9.17, 15) is 4.79 Å². The highest BCUT2D eigenvalue weighted by Crippen LogP contribution is 2.21. The highest BCUT2D eigenvalue weighted by molar-refractivity contribution is 9.10. The predicted molar refractivity (Wildman–Crippen MR) is 120 cm³/mol. The number of halogens is 1. The molecule has 1 saturated heterocycles. The minimum Gasteiger partial charge on any atom is -0.484 e. The van der Waals surface area contributed by atoms with Crippen LogP contribution in [0.2, 0.25) is 0 Å². The van der Waals surface area contributed by atoms with Crippen molar-refractivity contribution in [1.82, 2.24) is 19.9 Å². The summed E-state index contributed by atoms with van der Waals surface area (Å²) in [5, 5.41) is 2.77. The van der Waals surface area contributed by atoms with Gasteiger partial charge in [-0.05, 0) is 50.4 Å². The van der Waals surface area contributed by atoms with E-state index < -0.39 is 0 Å². The highest BCUT2D eigenvalue weighted by Gasteiger charge is 2.18. The number of nitrogens with zero attached hydrogens (tertiary/aromatic N) is 5. The van der Waals surface area contributed by atoms with E-state index in [1.807, 2.05) is 25.1 Å². The lowest BCUT2D eigenvalue weighted by atomic mass is 10.3. The van der Waals surface area contributed by atoms with Crippen LogP contribution in [0.15, 0.2) is 40.9 Å². The molecule has 1 aliphatic rings. The van der Waals surface area contributed by atoms with E-state index in [1.54, 1.807) is 18.2 Å². The van der Waals surface area contributed by atoms with Gasteiger partial charge in [0.25, 0.3) is 5.91 Å². The van der Waals surface area contributed by atoms with Gasteiger partial charge in [-0.15, -0.1) is 0 Å². The number of nitrogens with one attached hydrogen (secondary N) is 1. The Hall–Kier alpha value is -2.78. The standard InChI is InChI=1S/C21H23BrN6O2/c1-14-20-17(24-21(23-14)28-11-9-27(2)10-12-28)7-8-18(26-20)25-19(29)13-30-16-5-3-15(22)4-6-16/h3-8H,9-13H2,1-2H3,(H,25,26,29). The second-order valence-electron chi connectivity index (χ2n) is 7.25. The van der Waals surface area contributed by atoms with Crippen molar-refractivity contribution in [2.24, 2.45) is 0 Å². The molecule has 1 amide bonds. The third kappa shape index (κ3) is 4.85. The molecule has 1 aliphatic heterocycles. The first-order valence-electron chi connectivity index (χ1n) is 9.75. The van der Waals surface area contributed by atoms with Crippen molar-refractivity contribution in [2.75, 3.05) is 50.1 Å². The number of aryl methyl sites for hydroxylation is 1. The zero-order chi connectivity index (χ0) is 21.1. The average Bonchev–Trinajstić information content (AvgIpc) is 2.74. The molecule has 1 N–H and O–H groups in total. The zero-order valence-corrected chi connectivity index (χ0v) is 18.5. The van der Waals surface area contributed by atoms with Crippen LogP contribution in [-0.2, 0) is 4.79 Å². The normalized spacial score (nSPS) is 14.7. The number of likely N-dealkylation sites (N-methyl/N-ethyl adjacent to an activating group) is 1. The molecule has 1 aromatic carbocycles. The summed E-state index contributed by atoms with van der Waals surface area (Å²) in [4.78, 5) is 30.6. The van der Waals surface area contributed by atoms with E-state index in [4.69, 9.17) is 4.74 Å². The van der Waals surface area contributed by atoms with Crippen molar-refractivity contribution in [3.63, 3.8) is 0 Å². The SMILES string of the molecule is Cc1nc(N2CCN(C)CC2)nc2ccc(NC(=O)COc3ccc(Br)cc3)nc12. The maximum absolute atomic E-state index is 12.2. The quantitative estimate of drug-likeness (QED) is 0.613. The number of benzene rings is 1. The molecule has 0 atom stereocenters. The first-order valence-corrected chi connectivity index (χ1v) is 10.5. The predicted octanol–water partition coefficient (Wildman–Crippen LogP) is 2.87. The molecule has 9 heteroatoms. The van der Waals surface area contributed by atoms with E-state index in [0.29, 0.717) is 17.1 Å². The number of hydrogen-bond acceptors (Lipinski definition) is 7. The van der Waals surface area contributed by atoms with Crippen LogP contribution in [0, 0.1) is 6.92 Å². The molecule has 1 fully saturated rings. The summed E-state index contributed by atoms with van der Waals surface area (Å²) in [7, 11) is 2.12. The van der Waals surface area contributed by atoms with Gasteiger partial charge in [-0.2, -0.15) is 0 Å². The van der Waals surface area contributed by atoms with E-state index >= 15 is 0 Å². The Morgan fingerprint density at radius 3 is 2.53 bits per heavy atom. The number of anilines is 2. The van der Waals surface area contributed by atoms with Crippen LogP contribution < -0.4 is 15.0 Å². The third-order valence-electron chi connectivity index (χ3n) is 4.94. The maximum Gasteiger partial charge on any atom is 0.263 e. The summed E-state index contributed by atoms with van der Waals surface area (Å²) in [5.41, 5.74) is 2.23. The molecule has 0 bridgehead atoms. The average molecular weight is 471 g/mol. The zero-order valence-electron chi connectivity index (χ0n) is 16.9. The molecule has 8 nitrogen and oxygen atoms in total. The lowest BCUT2D eigenvalue weighted by Crippen LogP contribution is -2.45. The van der Waals surface area contributed by atoms with Crippen molar-refractivity contribution >= 4 is 44.6 Å². The Morgan fingerprint density at radius 2 is 1.80 bits per heavy atom. The molecular weight excluding hydrogens is 448 g/mol. The monoisotopic (exact) mass is 470 g/mol. The lowest BCUT2D eigenvalue weighted by molar-refractivity contribution is -0.118. The Balaban J connectivity index is 1.43. The van der Waals surface area contributed by atoms with Crippen molar-refractivity contribution in [3.05, 3.63) is 46.6 Å². The minimum atomic E-state index is -0.280. The van der Waals surface area contributed by atoms with Gasteiger partial charge in [-0.3, -0.25) is 4.79 Å². The topological polar surface area (TPSA) is 83.5 Å². The number of carbonyl (C=O) groups is 1. The molecule has 4 rings (SSSR count). The number of pyridine rings is 1. The van der Waals surface area contributed by atoms with Gasteiger partial charge in [-0.25, -0.2) is 15.0 Å². The van der Waals surface area contributed by atoms with E-state index in [2.05, 4.69) is 53.0 Å². The third-order valence-corrected chi connectivity index (χ3v) is 5.47. The Kier molecular flexibility index (Phi) is 6.10. The fourth-order valence-electron chi connectivity index (χ4n) is 3.22. The molecule has 0 radical (unpaired) electrons. The van der Waals surface area contributed by atoms with Crippen LogP contribution in [0.4, 0.5) is 11.8 Å². The second-order valence-corrected chi connectivity index (χ2v) is 8.17. The highest BCUT2D eigenvalue weighted by atomic mass is 79.9. The minimum absolute atomic E-state index is 0.0980. The maximum atomic E-state index is 12.2. The van der Waals surface area contributed by atoms with Gasteiger partial charge >= 0.3 is 0 Å². The lowest BCUT2D eigenvalue weighted by Gasteiger charge is -2.32. The van der Waals surface area contributed by atoms with Crippen molar-refractivity contribution in [2.45, 2.75) is 6.92 Å². The molecule has 0 saturated carbocycles. The summed E-state index contributed by atoms with van der Waals surface area (Å²) in [5.74, 6) is 1.53. The first-order chi connectivity index (χ1) is 14.5. The summed E-state index contributed by atoms with van der Waals surface area (Å²) < 4.78 is 6.45. The molecule has 2 aromatic heterocycles. The number of fused-ring (bicyclic) bond motifs is 1. The number of aromatic nitrogens is 3. The molecule has 0 unspecified atom stereocenters. The Labute approximate surface area is 183 Å². The molecule has 0 aliphatic carbocycles. The number of amides is 1. The second kappa shape index (κ2) is 8.93. The Bertz CT molecular complexity index is 1050. The fourth-order valence-corrected chi connectivity index (χ4v) is 3.48. The number of piperazine rings is 1. The van der Waals surface area contributed by atoms with Gasteiger partial charge < -0.3 is 19.9 Å². The molecular formula is C21H23BrN6O2. The largest absolute Gasteiger partial charge is 0.484 e. The van der Waals surface area contributed by atoms with Crippen LogP contribution in [0.1, 0.15) is 5.69 Å². The molecule has 156 valence electrons. The van der Waals surface area contributed by atoms with Crippen LogP contribution in [0.25, 0.3) is 11.0 Å².